The van der Waals surface area contributed by atoms with E-state index in [2.05, 4.69) is 38.0 Å². The number of piperidine rings is 1. The summed E-state index contributed by atoms with van der Waals surface area (Å²) in [6, 6.07) is 8.39. The summed E-state index contributed by atoms with van der Waals surface area (Å²) in [5.41, 5.74) is 2.36. The Hall–Kier alpha value is -3.90. The maximum atomic E-state index is 13.6. The molecule has 1 aromatic heterocycles. The molecular weight excluding hydrogens is 542 g/mol. The molecule has 2 aromatic rings. The van der Waals surface area contributed by atoms with Gasteiger partial charge in [0.2, 0.25) is 11.8 Å². The van der Waals surface area contributed by atoms with Crippen LogP contribution in [0.25, 0.3) is 0 Å². The number of anilines is 1. The molecule has 0 bridgehead atoms. The van der Waals surface area contributed by atoms with Gasteiger partial charge in [-0.05, 0) is 68.6 Å². The lowest BCUT2D eigenvalue weighted by molar-refractivity contribution is -0.120. The molecule has 3 unspecified atom stereocenters. The third-order valence-electron chi connectivity index (χ3n) is 8.14. The minimum atomic E-state index is -0.255. The van der Waals surface area contributed by atoms with Crippen molar-refractivity contribution in [2.45, 2.75) is 62.5 Å². The first-order valence-corrected chi connectivity index (χ1v) is 14.9. The predicted octanol–water partition coefficient (Wildman–Crippen LogP) is 3.10. The summed E-state index contributed by atoms with van der Waals surface area (Å²) in [5.74, 6) is 0.482. The van der Waals surface area contributed by atoms with Crippen LogP contribution in [0.3, 0.4) is 0 Å². The first kappa shape index (κ1) is 27.3. The second-order valence-corrected chi connectivity index (χ2v) is 11.9. The van der Waals surface area contributed by atoms with Crippen molar-refractivity contribution in [3.8, 4) is 11.6 Å². The Labute approximate surface area is 242 Å². The number of carbonyl (C=O) groups excluding carboxylic acids is 3. The Morgan fingerprint density at radius 1 is 1.17 bits per heavy atom. The third-order valence-corrected chi connectivity index (χ3v) is 9.50. The molecule has 4 heterocycles. The van der Waals surface area contributed by atoms with E-state index >= 15 is 0 Å². The molecule has 4 N–H and O–H groups in total. The number of aromatic nitrogens is 2. The summed E-state index contributed by atoms with van der Waals surface area (Å²) in [6.45, 7) is 6.22. The van der Waals surface area contributed by atoms with Gasteiger partial charge in [0.25, 0.3) is 5.91 Å². The molecule has 2 saturated heterocycles. The number of urea groups is 1. The number of hydrogen-bond donors (Lipinski definition) is 4. The molecule has 214 valence electrons. The van der Waals surface area contributed by atoms with Crippen LogP contribution in [0.2, 0.25) is 0 Å². The number of nitrogens with zero attached hydrogens (tertiary/aromatic N) is 3. The minimum absolute atomic E-state index is 0.0326. The van der Waals surface area contributed by atoms with Crippen molar-refractivity contribution in [3.05, 3.63) is 65.3 Å². The molecule has 0 radical (unpaired) electrons. The van der Waals surface area contributed by atoms with Crippen LogP contribution in [0.5, 0.6) is 11.6 Å². The van der Waals surface area contributed by atoms with E-state index in [4.69, 9.17) is 4.74 Å². The first-order chi connectivity index (χ1) is 19.9. The van der Waals surface area contributed by atoms with Gasteiger partial charge in [0.1, 0.15) is 5.75 Å². The van der Waals surface area contributed by atoms with Gasteiger partial charge in [-0.3, -0.25) is 14.5 Å². The maximum absolute atomic E-state index is 13.6. The first-order valence-electron chi connectivity index (χ1n) is 14.0. The van der Waals surface area contributed by atoms with Gasteiger partial charge in [-0.15, -0.1) is 5.10 Å². The van der Waals surface area contributed by atoms with Crippen LogP contribution < -0.4 is 30.9 Å². The van der Waals surface area contributed by atoms with Gasteiger partial charge in [0, 0.05) is 41.6 Å². The zero-order valence-corrected chi connectivity index (χ0v) is 23.6. The lowest BCUT2D eigenvalue weighted by atomic mass is 9.86. The maximum Gasteiger partial charge on any atom is 0.326 e. The molecule has 6 rings (SSSR count). The van der Waals surface area contributed by atoms with E-state index in [0.717, 1.165) is 49.9 Å². The normalized spacial score (nSPS) is 27.0. The topological polar surface area (TPSA) is 138 Å². The zero-order valence-electron chi connectivity index (χ0n) is 22.8. The van der Waals surface area contributed by atoms with Gasteiger partial charge >= 0.3 is 6.03 Å². The van der Waals surface area contributed by atoms with E-state index in [1.54, 1.807) is 18.3 Å². The van der Waals surface area contributed by atoms with Gasteiger partial charge in [0.05, 0.1) is 16.3 Å². The zero-order chi connectivity index (χ0) is 28.5. The lowest BCUT2D eigenvalue weighted by Gasteiger charge is -2.46. The van der Waals surface area contributed by atoms with Crippen molar-refractivity contribution in [2.75, 3.05) is 11.4 Å². The highest BCUT2D eigenvalue weighted by Crippen LogP contribution is 2.48. The van der Waals surface area contributed by atoms with E-state index in [9.17, 15) is 14.4 Å². The van der Waals surface area contributed by atoms with Gasteiger partial charge in [0.15, 0.2) is 0 Å². The summed E-state index contributed by atoms with van der Waals surface area (Å²) in [5, 5.41) is 20.5. The highest BCUT2D eigenvalue weighted by atomic mass is 32.2. The monoisotopic (exact) mass is 575 g/mol. The van der Waals surface area contributed by atoms with Crippen molar-refractivity contribution >= 4 is 35.3 Å². The number of aryl methyl sites for hydroxylation is 1. The van der Waals surface area contributed by atoms with Crippen LogP contribution in [0, 0.1) is 12.8 Å². The average molecular weight is 576 g/mol. The molecule has 1 aliphatic carbocycles. The molecule has 1 saturated carbocycles. The van der Waals surface area contributed by atoms with Crippen LogP contribution >= 0.6 is 11.8 Å². The van der Waals surface area contributed by atoms with E-state index < -0.39 is 0 Å². The van der Waals surface area contributed by atoms with Crippen molar-refractivity contribution in [3.63, 3.8) is 0 Å². The van der Waals surface area contributed by atoms with Gasteiger partial charge in [-0.25, -0.2) is 4.79 Å². The fourth-order valence-electron chi connectivity index (χ4n) is 6.28. The smallest absolute Gasteiger partial charge is 0.326 e. The summed E-state index contributed by atoms with van der Waals surface area (Å²) >= 11 is 1.47. The van der Waals surface area contributed by atoms with Crippen molar-refractivity contribution in [1.82, 2.24) is 31.5 Å². The highest BCUT2D eigenvalue weighted by molar-refractivity contribution is 8.04. The second-order valence-electron chi connectivity index (χ2n) is 10.7. The molecule has 1 aromatic carbocycles. The Morgan fingerprint density at radius 2 is 1.98 bits per heavy atom. The van der Waals surface area contributed by atoms with E-state index in [-0.39, 0.29) is 47.3 Å². The van der Waals surface area contributed by atoms with Gasteiger partial charge in [-0.2, -0.15) is 5.10 Å². The number of rotatable bonds is 7. The highest BCUT2D eigenvalue weighted by Gasteiger charge is 2.52. The Bertz CT molecular complexity index is 1400. The Kier molecular flexibility index (Phi) is 7.67. The molecule has 41 heavy (non-hydrogen) atoms. The number of ether oxygens (including phenoxy) is 1. The van der Waals surface area contributed by atoms with Crippen LogP contribution in [0.15, 0.2) is 59.8 Å². The molecule has 4 amide bonds. The van der Waals surface area contributed by atoms with E-state index in [1.807, 2.05) is 30.0 Å². The van der Waals surface area contributed by atoms with Crippen molar-refractivity contribution < 1.29 is 19.1 Å². The van der Waals surface area contributed by atoms with E-state index in [1.165, 1.54) is 17.8 Å². The number of nitrogens with one attached hydrogen (secondary N) is 4. The number of hydrogen-bond acceptors (Lipinski definition) is 8. The summed E-state index contributed by atoms with van der Waals surface area (Å²) in [7, 11) is 0. The molecular formula is C29H33N7O4S. The molecule has 4 aliphatic rings. The number of carbonyl (C=O) groups is 3. The molecule has 3 fully saturated rings. The number of thioether (sulfide) groups is 1. The van der Waals surface area contributed by atoms with Crippen molar-refractivity contribution in [2.24, 2.45) is 5.92 Å². The fourth-order valence-corrected chi connectivity index (χ4v) is 7.68. The summed E-state index contributed by atoms with van der Waals surface area (Å²) in [4.78, 5) is 41.6. The summed E-state index contributed by atoms with van der Waals surface area (Å²) in [6.07, 6.45) is 7.14. The number of benzene rings is 1. The van der Waals surface area contributed by atoms with E-state index in [0.29, 0.717) is 22.2 Å². The molecule has 11 nitrogen and oxygen atoms in total. The van der Waals surface area contributed by atoms with Gasteiger partial charge < -0.3 is 26.0 Å². The van der Waals surface area contributed by atoms with Crippen LogP contribution in [-0.4, -0.2) is 58.1 Å². The Morgan fingerprint density at radius 3 is 2.71 bits per heavy atom. The standard InChI is InChI=1S/C29H33N7O4S/c1-3-22(37)32-18-7-4-5-8-19(18)33-27(38)26-25-24-21(12-14-30-28(24)41-26)36(29(39)34-25)20-11-10-17(15-16(20)2)40-23-9-6-13-31-35-23/h3,6,9-11,13,15,18-19,21,24,28,30H,1,4-5,7-8,12,14H2,2H3,(H,32,37)(H,33,38)(H,34,39)/t18-,19+,21?,24?,28?/m0/s1. The van der Waals surface area contributed by atoms with Crippen LogP contribution in [0.1, 0.15) is 37.7 Å². The number of amides is 4. The SMILES string of the molecule is C=CC(=O)N[C@H]1CCCC[C@H]1NC(=O)C1=C2NC(=O)N(c3ccc(Oc4cccnn4)cc3C)C3CCNC(S1)C23. The predicted molar refractivity (Wildman–Crippen MR) is 155 cm³/mol. The average Bonchev–Trinajstić information content (AvgIpc) is 3.35. The minimum Gasteiger partial charge on any atom is -0.438 e. The summed E-state index contributed by atoms with van der Waals surface area (Å²) < 4.78 is 5.83. The largest absolute Gasteiger partial charge is 0.438 e. The second kappa shape index (κ2) is 11.5. The molecule has 3 aliphatic heterocycles. The van der Waals surface area contributed by atoms with Crippen LogP contribution in [0.4, 0.5) is 10.5 Å². The lowest BCUT2D eigenvalue weighted by Crippen LogP contribution is -2.62. The third kappa shape index (κ3) is 5.41. The van der Waals surface area contributed by atoms with Crippen molar-refractivity contribution in [1.29, 1.82) is 0 Å². The quantitative estimate of drug-likeness (QED) is 0.370. The Balaban J connectivity index is 1.23. The molecule has 12 heteroatoms. The van der Waals surface area contributed by atoms with Crippen LogP contribution in [-0.2, 0) is 9.59 Å². The van der Waals surface area contributed by atoms with Gasteiger partial charge in [-0.1, -0.05) is 31.2 Å². The fraction of sp³-hybridized carbons (Fsp3) is 0.414. The molecule has 0 spiro atoms. The molecule has 5 atom stereocenters.